The molecule has 26 heavy (non-hydrogen) atoms. The number of hydrogen-bond donors (Lipinski definition) is 1. The molecule has 0 aromatic rings. The zero-order valence-electron chi connectivity index (χ0n) is 16.2. The van der Waals surface area contributed by atoms with Crippen molar-refractivity contribution >= 4 is 18.0 Å². The molecular weight excluding hydrogens is 330 g/mol. The minimum absolute atomic E-state index is 0. The number of rotatable bonds is 9. The second-order valence-corrected chi connectivity index (χ2v) is 7.15. The normalized spacial score (nSPS) is 13.9. The van der Waals surface area contributed by atoms with Gasteiger partial charge in [0, 0.05) is 18.3 Å². The van der Waals surface area contributed by atoms with E-state index in [9.17, 15) is 19.6 Å². The van der Waals surface area contributed by atoms with Gasteiger partial charge in [-0.1, -0.05) is 58.9 Å². The third-order valence-corrected chi connectivity index (χ3v) is 4.11. The molecule has 0 radical (unpaired) electrons. The Morgan fingerprint density at radius 1 is 1.19 bits per heavy atom. The van der Waals surface area contributed by atoms with Gasteiger partial charge >= 0.3 is 0 Å². The van der Waals surface area contributed by atoms with E-state index in [1.807, 2.05) is 27.7 Å². The van der Waals surface area contributed by atoms with E-state index in [1.165, 1.54) is 5.57 Å². The van der Waals surface area contributed by atoms with Gasteiger partial charge in [0.25, 0.3) is 0 Å². The first-order chi connectivity index (χ1) is 11.7. The SMILES string of the molecule is C.CC(=O)C(C)C.CC(C)C(=O)C[C@@H](CC1=CCCC=C1)CN(O)C=O. The molecule has 5 heteroatoms. The van der Waals surface area contributed by atoms with Gasteiger partial charge in [-0.3, -0.25) is 19.6 Å². The lowest BCUT2D eigenvalue weighted by molar-refractivity contribution is -0.153. The molecule has 0 heterocycles. The van der Waals surface area contributed by atoms with Gasteiger partial charge in [-0.15, -0.1) is 0 Å². The summed E-state index contributed by atoms with van der Waals surface area (Å²) in [5, 5.41) is 9.96. The zero-order valence-corrected chi connectivity index (χ0v) is 16.2. The van der Waals surface area contributed by atoms with Crippen molar-refractivity contribution in [3.63, 3.8) is 0 Å². The molecule has 0 saturated heterocycles. The molecule has 0 aliphatic heterocycles. The van der Waals surface area contributed by atoms with E-state index in [-0.39, 0.29) is 43.3 Å². The first kappa shape index (κ1) is 26.5. The van der Waals surface area contributed by atoms with Crippen LogP contribution in [0.3, 0.4) is 0 Å². The third-order valence-electron chi connectivity index (χ3n) is 4.11. The summed E-state index contributed by atoms with van der Waals surface area (Å²) in [6.07, 6.45) is 9.93. The first-order valence-electron chi connectivity index (χ1n) is 8.96. The quantitative estimate of drug-likeness (QED) is 0.367. The molecule has 0 fully saturated rings. The molecule has 1 atom stereocenters. The van der Waals surface area contributed by atoms with E-state index in [4.69, 9.17) is 0 Å². The van der Waals surface area contributed by atoms with E-state index in [0.29, 0.717) is 17.9 Å². The predicted molar refractivity (Wildman–Crippen MR) is 106 cm³/mol. The van der Waals surface area contributed by atoms with E-state index < -0.39 is 0 Å². The van der Waals surface area contributed by atoms with Crippen molar-refractivity contribution in [1.82, 2.24) is 5.06 Å². The Morgan fingerprint density at radius 2 is 1.77 bits per heavy atom. The van der Waals surface area contributed by atoms with Crippen molar-refractivity contribution in [3.8, 4) is 0 Å². The van der Waals surface area contributed by atoms with E-state index in [2.05, 4.69) is 18.2 Å². The van der Waals surface area contributed by atoms with Crippen LogP contribution in [-0.2, 0) is 14.4 Å². The van der Waals surface area contributed by atoms with Crippen LogP contribution in [-0.4, -0.2) is 34.8 Å². The van der Waals surface area contributed by atoms with Gasteiger partial charge in [-0.25, -0.2) is 5.06 Å². The first-order valence-corrected chi connectivity index (χ1v) is 8.96. The van der Waals surface area contributed by atoms with Crippen molar-refractivity contribution in [1.29, 1.82) is 0 Å². The van der Waals surface area contributed by atoms with Crippen LogP contribution in [0.2, 0.25) is 0 Å². The highest BCUT2D eigenvalue weighted by atomic mass is 16.5. The number of Topliss-reactive ketones (excluding diaryl/α,β-unsaturated/α-hetero) is 2. The highest BCUT2D eigenvalue weighted by Gasteiger charge is 2.19. The molecule has 1 aliphatic rings. The summed E-state index contributed by atoms with van der Waals surface area (Å²) in [6.45, 7) is 9.33. The molecule has 0 aromatic heterocycles. The fourth-order valence-electron chi connectivity index (χ4n) is 2.18. The third kappa shape index (κ3) is 12.6. The lowest BCUT2D eigenvalue weighted by atomic mass is 9.89. The second kappa shape index (κ2) is 14.4. The average molecular weight is 368 g/mol. The van der Waals surface area contributed by atoms with Crippen molar-refractivity contribution in [2.45, 2.75) is 67.7 Å². The summed E-state index contributed by atoms with van der Waals surface area (Å²) in [4.78, 5) is 32.5. The van der Waals surface area contributed by atoms with Gasteiger partial charge < -0.3 is 0 Å². The fourth-order valence-corrected chi connectivity index (χ4v) is 2.18. The van der Waals surface area contributed by atoms with Gasteiger partial charge in [0.1, 0.15) is 11.6 Å². The number of allylic oxidation sites excluding steroid dienone is 4. The Labute approximate surface area is 159 Å². The van der Waals surface area contributed by atoms with Gasteiger partial charge in [0.05, 0.1) is 6.54 Å². The summed E-state index contributed by atoms with van der Waals surface area (Å²) < 4.78 is 0. The molecule has 150 valence electrons. The molecule has 0 bridgehead atoms. The number of carbonyl (C=O) groups is 3. The summed E-state index contributed by atoms with van der Waals surface area (Å²) in [5.74, 6) is 0.602. The van der Waals surface area contributed by atoms with Crippen LogP contribution in [0.1, 0.15) is 67.7 Å². The minimum atomic E-state index is -0.0286. The van der Waals surface area contributed by atoms with Crippen LogP contribution in [0.25, 0.3) is 0 Å². The van der Waals surface area contributed by atoms with Gasteiger partial charge in [0.2, 0.25) is 6.41 Å². The smallest absolute Gasteiger partial charge is 0.233 e. The molecule has 0 saturated carbocycles. The second-order valence-electron chi connectivity index (χ2n) is 7.15. The summed E-state index contributed by atoms with van der Waals surface area (Å²) in [6, 6.07) is 0. The maximum absolute atomic E-state index is 11.8. The lowest BCUT2D eigenvalue weighted by Crippen LogP contribution is -2.28. The Morgan fingerprint density at radius 3 is 2.15 bits per heavy atom. The largest absolute Gasteiger partial charge is 0.300 e. The number of hydroxylamine groups is 2. The highest BCUT2D eigenvalue weighted by Crippen LogP contribution is 2.22. The Balaban J connectivity index is 0. The molecule has 0 unspecified atom stereocenters. The molecular formula is C21H37NO4. The monoisotopic (exact) mass is 367 g/mol. The summed E-state index contributed by atoms with van der Waals surface area (Å²) >= 11 is 0. The number of ketones is 2. The standard InChI is InChI=1S/C15H23NO3.C5H10O.CH4/c1-12(2)15(18)9-14(10-16(19)11-17)8-13-6-4-3-5-7-13;1-4(2)5(3)6;/h4,6-7,11-12,14,19H,3,5,8-10H2,1-2H3;4H,1-3H3;1H4/t14-;;/m1../s1. The molecule has 1 N–H and O–H groups in total. The van der Waals surface area contributed by atoms with E-state index in [1.54, 1.807) is 6.92 Å². The topological polar surface area (TPSA) is 74.7 Å². The predicted octanol–water partition coefficient (Wildman–Crippen LogP) is 4.60. The highest BCUT2D eigenvalue weighted by molar-refractivity contribution is 5.80. The minimum Gasteiger partial charge on any atom is -0.300 e. The van der Waals surface area contributed by atoms with Crippen LogP contribution in [0.5, 0.6) is 0 Å². The fraction of sp³-hybridized carbons (Fsp3) is 0.667. The Kier molecular flexibility index (Phi) is 14.7. The molecule has 0 aromatic carbocycles. The van der Waals surface area contributed by atoms with Gasteiger partial charge in [-0.05, 0) is 32.1 Å². The zero-order chi connectivity index (χ0) is 19.4. The lowest BCUT2D eigenvalue weighted by Gasteiger charge is -2.21. The maximum Gasteiger partial charge on any atom is 0.233 e. The summed E-state index contributed by atoms with van der Waals surface area (Å²) in [5.41, 5.74) is 1.19. The van der Waals surface area contributed by atoms with E-state index in [0.717, 1.165) is 19.3 Å². The van der Waals surface area contributed by atoms with Crippen molar-refractivity contribution in [2.75, 3.05) is 6.54 Å². The van der Waals surface area contributed by atoms with Gasteiger partial charge in [0.15, 0.2) is 0 Å². The van der Waals surface area contributed by atoms with Crippen LogP contribution < -0.4 is 0 Å². The van der Waals surface area contributed by atoms with Crippen LogP contribution in [0, 0.1) is 17.8 Å². The Hall–Kier alpha value is -1.75. The van der Waals surface area contributed by atoms with Crippen LogP contribution in [0.4, 0.5) is 0 Å². The van der Waals surface area contributed by atoms with E-state index >= 15 is 0 Å². The molecule has 1 aliphatic carbocycles. The molecule has 1 amide bonds. The Bertz CT molecular complexity index is 492. The number of carbonyl (C=O) groups excluding carboxylic acids is 3. The molecule has 0 spiro atoms. The number of nitrogens with zero attached hydrogens (tertiary/aromatic N) is 1. The van der Waals surface area contributed by atoms with Gasteiger partial charge in [-0.2, -0.15) is 0 Å². The molecule has 5 nitrogen and oxygen atoms in total. The maximum atomic E-state index is 11.8. The number of amides is 1. The van der Waals surface area contributed by atoms with Crippen LogP contribution >= 0.6 is 0 Å². The molecule has 1 rings (SSSR count). The average Bonchev–Trinajstić information content (AvgIpc) is 2.55. The van der Waals surface area contributed by atoms with Crippen molar-refractivity contribution < 1.29 is 19.6 Å². The number of hydrogen-bond acceptors (Lipinski definition) is 4. The van der Waals surface area contributed by atoms with Crippen molar-refractivity contribution in [3.05, 3.63) is 23.8 Å². The van der Waals surface area contributed by atoms with Crippen molar-refractivity contribution in [2.24, 2.45) is 17.8 Å². The van der Waals surface area contributed by atoms with Crippen LogP contribution in [0.15, 0.2) is 23.8 Å². The summed E-state index contributed by atoms with van der Waals surface area (Å²) in [7, 11) is 0.